The average molecular weight is 133 g/mol. The molecule has 1 atom stereocenters. The molecule has 0 aromatic rings. The molecule has 0 aliphatic carbocycles. The van der Waals surface area contributed by atoms with Gasteiger partial charge in [-0.2, -0.15) is 0 Å². The zero-order chi connectivity index (χ0) is 6.57. The third-order valence-electron chi connectivity index (χ3n) is 0.457. The van der Waals surface area contributed by atoms with Gasteiger partial charge in [-0.25, -0.2) is 4.79 Å². The quantitative estimate of drug-likeness (QED) is 0.433. The Morgan fingerprint density at radius 3 is 2.50 bits per heavy atom. The third kappa shape index (κ3) is 2.59. The lowest BCUT2D eigenvalue weighted by Crippen LogP contribution is -2.08. The first-order valence-electron chi connectivity index (χ1n) is 2.00. The fraction of sp³-hybridized carbons (Fsp3) is 0.250. The lowest BCUT2D eigenvalue weighted by atomic mass is 10.5. The molecule has 2 N–H and O–H groups in total. The van der Waals surface area contributed by atoms with Gasteiger partial charge in [0.05, 0.1) is 8.81 Å². The van der Waals surface area contributed by atoms with Crippen molar-refractivity contribution in [3.8, 4) is 0 Å². The summed E-state index contributed by atoms with van der Waals surface area (Å²) in [6, 6.07) is 0. The van der Waals surface area contributed by atoms with E-state index in [1.807, 2.05) is 0 Å². The number of hydrogen-bond acceptors (Lipinski definition) is 3. The fourth-order valence-corrected chi connectivity index (χ4v) is 0.475. The highest BCUT2D eigenvalue weighted by atomic mass is 31.1. The number of hydrogen-bond donors (Lipinski definition) is 1. The SMILES string of the molecule is C=C(N)C(=O)OPC. The molecule has 0 amide bonds. The maximum Gasteiger partial charge on any atom is 0.355 e. The van der Waals surface area contributed by atoms with Gasteiger partial charge in [-0.15, -0.1) is 0 Å². The van der Waals surface area contributed by atoms with Crippen molar-refractivity contribution in [3.63, 3.8) is 0 Å². The average Bonchev–Trinajstić information content (AvgIpc) is 1.67. The van der Waals surface area contributed by atoms with Crippen molar-refractivity contribution in [3.05, 3.63) is 12.3 Å². The van der Waals surface area contributed by atoms with E-state index in [9.17, 15) is 4.79 Å². The van der Waals surface area contributed by atoms with Crippen LogP contribution >= 0.6 is 8.81 Å². The summed E-state index contributed by atoms with van der Waals surface area (Å²) >= 11 is 0. The van der Waals surface area contributed by atoms with Gasteiger partial charge in [-0.1, -0.05) is 6.58 Å². The summed E-state index contributed by atoms with van der Waals surface area (Å²) in [5, 5.41) is 0. The van der Waals surface area contributed by atoms with Gasteiger partial charge in [0.25, 0.3) is 0 Å². The Labute approximate surface area is 49.8 Å². The van der Waals surface area contributed by atoms with Gasteiger partial charge in [-0.05, 0) is 6.66 Å². The Balaban J connectivity index is 3.49. The maximum atomic E-state index is 10.3. The first-order valence-corrected chi connectivity index (χ1v) is 3.41. The highest BCUT2D eigenvalue weighted by Gasteiger charge is 1.99. The Bertz CT molecular complexity index is 113. The molecule has 0 rings (SSSR count). The summed E-state index contributed by atoms with van der Waals surface area (Å²) < 4.78 is 4.47. The second-order valence-electron chi connectivity index (χ2n) is 1.12. The maximum absolute atomic E-state index is 10.3. The van der Waals surface area contributed by atoms with Gasteiger partial charge in [-0.3, -0.25) is 0 Å². The molecular formula is C4H8NO2P. The van der Waals surface area contributed by atoms with Crippen molar-refractivity contribution in [2.75, 3.05) is 6.66 Å². The molecule has 0 aliphatic rings. The fourth-order valence-electron chi connectivity index (χ4n) is 0.158. The normalized spacial score (nSPS) is 9.62. The van der Waals surface area contributed by atoms with Gasteiger partial charge in [0.2, 0.25) is 0 Å². The molecule has 46 valence electrons. The molecule has 0 bridgehead atoms. The lowest BCUT2D eigenvalue weighted by molar-refractivity contribution is -0.129. The van der Waals surface area contributed by atoms with Crippen LogP contribution < -0.4 is 5.73 Å². The van der Waals surface area contributed by atoms with E-state index in [1.54, 1.807) is 6.66 Å². The molecule has 3 nitrogen and oxygen atoms in total. The predicted octanol–water partition coefficient (Wildman–Crippen LogP) is 0.225. The molecule has 1 unspecified atom stereocenters. The molecule has 0 aliphatic heterocycles. The summed E-state index contributed by atoms with van der Waals surface area (Å²) in [5.41, 5.74) is 4.92. The van der Waals surface area contributed by atoms with Crippen molar-refractivity contribution in [2.45, 2.75) is 0 Å². The zero-order valence-corrected chi connectivity index (χ0v) is 5.60. The van der Waals surface area contributed by atoms with Crippen LogP contribution in [0.1, 0.15) is 0 Å². The molecule has 0 saturated heterocycles. The van der Waals surface area contributed by atoms with Crippen LogP contribution in [0, 0.1) is 0 Å². The molecular weight excluding hydrogens is 125 g/mol. The summed E-state index contributed by atoms with van der Waals surface area (Å²) in [6.45, 7) is 4.92. The molecule has 0 spiro atoms. The smallest absolute Gasteiger partial charge is 0.355 e. The molecule has 0 aromatic heterocycles. The van der Waals surface area contributed by atoms with Gasteiger partial charge >= 0.3 is 5.97 Å². The van der Waals surface area contributed by atoms with E-state index >= 15 is 0 Å². The van der Waals surface area contributed by atoms with Crippen LogP contribution in [-0.2, 0) is 9.32 Å². The van der Waals surface area contributed by atoms with E-state index < -0.39 is 5.97 Å². The minimum atomic E-state index is -0.522. The zero-order valence-electron chi connectivity index (χ0n) is 4.60. The second kappa shape index (κ2) is 3.44. The molecule has 0 fully saturated rings. The van der Waals surface area contributed by atoms with Crippen LogP contribution in [0.5, 0.6) is 0 Å². The first kappa shape index (κ1) is 7.44. The third-order valence-corrected chi connectivity index (χ3v) is 0.846. The molecule has 4 heteroatoms. The summed E-state index contributed by atoms with van der Waals surface area (Å²) in [4.78, 5) is 10.3. The van der Waals surface area contributed by atoms with Crippen LogP contribution in [0.2, 0.25) is 0 Å². The van der Waals surface area contributed by atoms with Gasteiger partial charge in [0.15, 0.2) is 0 Å². The monoisotopic (exact) mass is 133 g/mol. The van der Waals surface area contributed by atoms with Crippen molar-refractivity contribution in [2.24, 2.45) is 5.73 Å². The number of carbonyl (C=O) groups excluding carboxylic acids is 1. The van der Waals surface area contributed by atoms with E-state index in [2.05, 4.69) is 11.1 Å². The van der Waals surface area contributed by atoms with Crippen molar-refractivity contribution in [1.29, 1.82) is 0 Å². The Kier molecular flexibility index (Phi) is 3.20. The van der Waals surface area contributed by atoms with Crippen LogP contribution in [0.3, 0.4) is 0 Å². The van der Waals surface area contributed by atoms with E-state index in [0.29, 0.717) is 0 Å². The van der Waals surface area contributed by atoms with Crippen molar-refractivity contribution in [1.82, 2.24) is 0 Å². The number of rotatable bonds is 2. The van der Waals surface area contributed by atoms with Gasteiger partial charge < -0.3 is 10.3 Å². The van der Waals surface area contributed by atoms with Crippen LogP contribution in [0.15, 0.2) is 12.3 Å². The Morgan fingerprint density at radius 2 is 2.38 bits per heavy atom. The first-order chi connectivity index (χ1) is 3.68. The van der Waals surface area contributed by atoms with E-state index in [0.717, 1.165) is 0 Å². The van der Waals surface area contributed by atoms with Gasteiger partial charge in [0, 0.05) is 0 Å². The minimum absolute atomic E-state index is 0.0423. The van der Waals surface area contributed by atoms with Crippen molar-refractivity contribution >= 4 is 14.8 Å². The van der Waals surface area contributed by atoms with Crippen LogP contribution in [-0.4, -0.2) is 12.6 Å². The van der Waals surface area contributed by atoms with Crippen LogP contribution in [0.4, 0.5) is 0 Å². The predicted molar refractivity (Wildman–Crippen MR) is 33.7 cm³/mol. The van der Waals surface area contributed by atoms with E-state index in [-0.39, 0.29) is 14.5 Å². The highest BCUT2D eigenvalue weighted by Crippen LogP contribution is 2.05. The molecule has 0 heterocycles. The topological polar surface area (TPSA) is 52.3 Å². The summed E-state index contributed by atoms with van der Waals surface area (Å²) in [7, 11) is 0.141. The minimum Gasteiger partial charge on any atom is -0.444 e. The number of carbonyl (C=O) groups is 1. The number of nitrogens with two attached hydrogens (primary N) is 1. The lowest BCUT2D eigenvalue weighted by Gasteiger charge is -1.96. The summed E-state index contributed by atoms with van der Waals surface area (Å²) in [5.74, 6) is -0.522. The standard InChI is InChI=1S/C4H8NO2P/c1-3(5)4(6)7-8-2/h8H,1,5H2,2H3. The van der Waals surface area contributed by atoms with E-state index in [1.165, 1.54) is 0 Å². The molecule has 0 aromatic carbocycles. The molecule has 8 heavy (non-hydrogen) atoms. The van der Waals surface area contributed by atoms with Crippen molar-refractivity contribution < 1.29 is 9.32 Å². The van der Waals surface area contributed by atoms with Gasteiger partial charge in [0.1, 0.15) is 5.70 Å². The molecule has 0 radical (unpaired) electrons. The second-order valence-corrected chi connectivity index (χ2v) is 1.73. The largest absolute Gasteiger partial charge is 0.444 e. The Hall–Kier alpha value is -0.560. The molecule has 0 saturated carbocycles. The Morgan fingerprint density at radius 1 is 1.88 bits per heavy atom. The van der Waals surface area contributed by atoms with E-state index in [4.69, 9.17) is 5.73 Å². The summed E-state index contributed by atoms with van der Waals surface area (Å²) in [6.07, 6.45) is 0. The highest BCUT2D eigenvalue weighted by molar-refractivity contribution is 7.31. The van der Waals surface area contributed by atoms with Crippen LogP contribution in [0.25, 0.3) is 0 Å².